The molecule has 2 aromatic rings. The highest BCUT2D eigenvalue weighted by molar-refractivity contribution is 5.44. The van der Waals surface area contributed by atoms with Gasteiger partial charge < -0.3 is 5.32 Å². The third-order valence-electron chi connectivity index (χ3n) is 3.92. The van der Waals surface area contributed by atoms with E-state index in [0.29, 0.717) is 17.5 Å². The van der Waals surface area contributed by atoms with Gasteiger partial charge in [-0.1, -0.05) is 29.8 Å². The van der Waals surface area contributed by atoms with Gasteiger partial charge in [-0.05, 0) is 48.9 Å². The monoisotopic (exact) mass is 273 g/mol. The van der Waals surface area contributed by atoms with Gasteiger partial charge in [0.2, 0.25) is 0 Å². The first kappa shape index (κ1) is 13.1. The number of hydrogen-bond donors (Lipinski definition) is 1. The van der Waals surface area contributed by atoms with Crippen LogP contribution < -0.4 is 5.32 Å². The van der Waals surface area contributed by atoms with Crippen molar-refractivity contribution in [2.75, 3.05) is 11.9 Å². The maximum absolute atomic E-state index is 13.1. The molecule has 1 saturated carbocycles. The summed E-state index contributed by atoms with van der Waals surface area (Å²) in [7, 11) is 0. The van der Waals surface area contributed by atoms with Gasteiger partial charge in [0.05, 0.1) is 0 Å². The van der Waals surface area contributed by atoms with Gasteiger partial charge >= 0.3 is 0 Å². The van der Waals surface area contributed by atoms with Crippen molar-refractivity contribution < 1.29 is 8.78 Å². The molecule has 1 fully saturated rings. The van der Waals surface area contributed by atoms with Crippen molar-refractivity contribution in [1.29, 1.82) is 0 Å². The largest absolute Gasteiger partial charge is 0.385 e. The molecule has 3 heteroatoms. The number of rotatable bonds is 4. The molecule has 2 aromatic carbocycles. The normalized spacial score (nSPS) is 20.8. The van der Waals surface area contributed by atoms with E-state index in [0.717, 1.165) is 19.0 Å². The predicted octanol–water partition coefficient (Wildman–Crippen LogP) is 4.49. The zero-order chi connectivity index (χ0) is 14.1. The molecule has 0 aromatic heterocycles. The molecule has 1 nitrogen and oxygen atoms in total. The highest BCUT2D eigenvalue weighted by Gasteiger charge is 2.37. The molecule has 1 N–H and O–H groups in total. The third-order valence-corrected chi connectivity index (χ3v) is 3.92. The second-order valence-electron chi connectivity index (χ2n) is 5.52. The van der Waals surface area contributed by atoms with Crippen LogP contribution in [0, 0.1) is 24.5 Å². The molecule has 0 unspecified atom stereocenters. The Morgan fingerprint density at radius 2 is 1.80 bits per heavy atom. The fraction of sp³-hybridized carbons (Fsp3) is 0.294. The van der Waals surface area contributed by atoms with Gasteiger partial charge in [-0.2, -0.15) is 0 Å². The molecule has 0 saturated heterocycles. The molecule has 1 aliphatic rings. The van der Waals surface area contributed by atoms with Crippen molar-refractivity contribution in [3.8, 4) is 0 Å². The number of benzene rings is 2. The van der Waals surface area contributed by atoms with E-state index >= 15 is 0 Å². The molecule has 3 rings (SSSR count). The molecule has 0 amide bonds. The van der Waals surface area contributed by atoms with Gasteiger partial charge in [0.25, 0.3) is 0 Å². The lowest BCUT2D eigenvalue weighted by atomic mass is 10.1. The van der Waals surface area contributed by atoms with Crippen LogP contribution in [0.5, 0.6) is 0 Å². The van der Waals surface area contributed by atoms with E-state index in [1.807, 2.05) is 0 Å². The second-order valence-corrected chi connectivity index (χ2v) is 5.52. The first-order chi connectivity index (χ1) is 9.63. The second kappa shape index (κ2) is 5.23. The summed E-state index contributed by atoms with van der Waals surface area (Å²) in [5.74, 6) is -0.445. The number of anilines is 1. The van der Waals surface area contributed by atoms with Crippen LogP contribution in [0.15, 0.2) is 42.5 Å². The Hall–Kier alpha value is -1.90. The standard InChI is InChI=1S/C17H17F2N/c1-11-2-4-12(5-3-11)15-8-13(15)10-20-14-6-7-16(18)17(19)9-14/h2-7,9,13,15,20H,8,10H2,1H3/t13-,15-/m1/s1. The maximum atomic E-state index is 13.1. The predicted molar refractivity (Wildman–Crippen MR) is 76.9 cm³/mol. The fourth-order valence-corrected chi connectivity index (χ4v) is 2.55. The van der Waals surface area contributed by atoms with Crippen LogP contribution in [0.3, 0.4) is 0 Å². The van der Waals surface area contributed by atoms with Gasteiger partial charge in [-0.25, -0.2) is 8.78 Å². The van der Waals surface area contributed by atoms with Gasteiger partial charge in [-0.3, -0.25) is 0 Å². The zero-order valence-corrected chi connectivity index (χ0v) is 11.4. The lowest BCUT2D eigenvalue weighted by Crippen LogP contribution is -2.05. The van der Waals surface area contributed by atoms with E-state index in [-0.39, 0.29) is 0 Å². The molecule has 20 heavy (non-hydrogen) atoms. The Morgan fingerprint density at radius 3 is 2.50 bits per heavy atom. The number of nitrogens with one attached hydrogen (secondary N) is 1. The Balaban J connectivity index is 1.56. The molecule has 0 aliphatic heterocycles. The minimum Gasteiger partial charge on any atom is -0.385 e. The summed E-state index contributed by atoms with van der Waals surface area (Å²) in [6.45, 7) is 2.88. The molecule has 0 spiro atoms. The van der Waals surface area contributed by atoms with E-state index in [2.05, 4.69) is 36.5 Å². The zero-order valence-electron chi connectivity index (χ0n) is 11.4. The van der Waals surface area contributed by atoms with Crippen LogP contribution in [0.2, 0.25) is 0 Å². The molecular formula is C17H17F2N. The van der Waals surface area contributed by atoms with Crippen LogP contribution in [0.1, 0.15) is 23.5 Å². The number of hydrogen-bond acceptors (Lipinski definition) is 1. The van der Waals surface area contributed by atoms with Crippen molar-refractivity contribution in [3.05, 3.63) is 65.2 Å². The van der Waals surface area contributed by atoms with Crippen molar-refractivity contribution in [2.24, 2.45) is 5.92 Å². The van der Waals surface area contributed by atoms with E-state index < -0.39 is 11.6 Å². The van der Waals surface area contributed by atoms with Crippen LogP contribution in [-0.4, -0.2) is 6.54 Å². The van der Waals surface area contributed by atoms with Gasteiger partial charge in [0.1, 0.15) is 0 Å². The smallest absolute Gasteiger partial charge is 0.160 e. The van der Waals surface area contributed by atoms with E-state index in [1.54, 1.807) is 6.07 Å². The summed E-state index contributed by atoms with van der Waals surface area (Å²) >= 11 is 0. The first-order valence-electron chi connectivity index (χ1n) is 6.89. The summed E-state index contributed by atoms with van der Waals surface area (Å²) in [6, 6.07) is 12.6. The highest BCUT2D eigenvalue weighted by atomic mass is 19.2. The van der Waals surface area contributed by atoms with Crippen molar-refractivity contribution in [2.45, 2.75) is 19.3 Å². The van der Waals surface area contributed by atoms with Crippen molar-refractivity contribution >= 4 is 5.69 Å². The highest BCUT2D eigenvalue weighted by Crippen LogP contribution is 2.47. The van der Waals surface area contributed by atoms with Gasteiger partial charge in [-0.15, -0.1) is 0 Å². The minimum absolute atomic E-state index is 0.575. The average molecular weight is 273 g/mol. The van der Waals surface area contributed by atoms with Crippen LogP contribution in [-0.2, 0) is 0 Å². The topological polar surface area (TPSA) is 12.0 Å². The molecule has 104 valence electrons. The van der Waals surface area contributed by atoms with Crippen LogP contribution in [0.25, 0.3) is 0 Å². The quantitative estimate of drug-likeness (QED) is 0.865. The molecule has 0 heterocycles. The van der Waals surface area contributed by atoms with E-state index in [4.69, 9.17) is 0 Å². The Kier molecular flexibility index (Phi) is 3.43. The summed E-state index contributed by atoms with van der Waals surface area (Å²) < 4.78 is 25.9. The summed E-state index contributed by atoms with van der Waals surface area (Å²) in [6.07, 6.45) is 1.15. The maximum Gasteiger partial charge on any atom is 0.160 e. The fourth-order valence-electron chi connectivity index (χ4n) is 2.55. The minimum atomic E-state index is -0.806. The van der Waals surface area contributed by atoms with Crippen LogP contribution in [0.4, 0.5) is 14.5 Å². The average Bonchev–Trinajstić information content (AvgIpc) is 3.21. The van der Waals surface area contributed by atoms with E-state index in [1.165, 1.54) is 17.2 Å². The van der Waals surface area contributed by atoms with Crippen LogP contribution >= 0.6 is 0 Å². The Bertz CT molecular complexity index is 607. The molecule has 0 bridgehead atoms. The summed E-state index contributed by atoms with van der Waals surface area (Å²) in [4.78, 5) is 0. The number of aryl methyl sites for hydroxylation is 1. The number of halogens is 2. The first-order valence-corrected chi connectivity index (χ1v) is 6.89. The summed E-state index contributed by atoms with van der Waals surface area (Å²) in [5, 5.41) is 3.18. The Labute approximate surface area is 117 Å². The Morgan fingerprint density at radius 1 is 1.05 bits per heavy atom. The molecule has 0 radical (unpaired) electrons. The van der Waals surface area contributed by atoms with Crippen molar-refractivity contribution in [1.82, 2.24) is 0 Å². The van der Waals surface area contributed by atoms with E-state index in [9.17, 15) is 8.78 Å². The molecular weight excluding hydrogens is 256 g/mol. The summed E-state index contributed by atoms with van der Waals surface area (Å²) in [5.41, 5.74) is 3.28. The molecule has 2 atom stereocenters. The lowest BCUT2D eigenvalue weighted by molar-refractivity contribution is 0.509. The van der Waals surface area contributed by atoms with Gasteiger partial charge in [0.15, 0.2) is 11.6 Å². The molecule has 1 aliphatic carbocycles. The SMILES string of the molecule is Cc1ccc([C@H]2C[C@@H]2CNc2ccc(F)c(F)c2)cc1. The van der Waals surface area contributed by atoms with Crippen molar-refractivity contribution in [3.63, 3.8) is 0 Å². The third kappa shape index (κ3) is 2.82. The van der Waals surface area contributed by atoms with Gasteiger partial charge in [0, 0.05) is 12.2 Å². The lowest BCUT2D eigenvalue weighted by Gasteiger charge is -2.06.